The van der Waals surface area contributed by atoms with Crippen LogP contribution >= 0.6 is 24.8 Å². The summed E-state index contributed by atoms with van der Waals surface area (Å²) in [4.78, 5) is 0. The zero-order valence-corrected chi connectivity index (χ0v) is 12.3. The topological polar surface area (TPSA) is 81.1 Å². The van der Waals surface area contributed by atoms with Crippen LogP contribution in [0.1, 0.15) is 18.3 Å². The Morgan fingerprint density at radius 3 is 2.65 bits per heavy atom. The molecule has 3 N–H and O–H groups in total. The Bertz CT molecular complexity index is 572. The van der Waals surface area contributed by atoms with Gasteiger partial charge in [-0.3, -0.25) is 0 Å². The van der Waals surface area contributed by atoms with Gasteiger partial charge in [0, 0.05) is 12.0 Å². The average Bonchev–Trinajstić information content (AvgIpc) is 2.73. The molecular formula is C11H15Cl2FN6. The van der Waals surface area contributed by atoms with E-state index in [0.29, 0.717) is 23.8 Å². The van der Waals surface area contributed by atoms with Gasteiger partial charge in [-0.05, 0) is 6.07 Å². The SMILES string of the molecule is CCc1nnc(NN=Cc2ccccc2F)n1N.Cl.Cl. The number of nitrogens with two attached hydrogens (primary N) is 1. The van der Waals surface area contributed by atoms with Crippen LogP contribution in [0.2, 0.25) is 0 Å². The highest BCUT2D eigenvalue weighted by Gasteiger charge is 2.05. The third kappa shape index (κ3) is 4.07. The first-order chi connectivity index (χ1) is 8.72. The molecule has 0 spiro atoms. The van der Waals surface area contributed by atoms with Crippen molar-refractivity contribution >= 4 is 37.0 Å². The number of hydrogen-bond donors (Lipinski definition) is 2. The number of nitrogens with zero attached hydrogens (tertiary/aromatic N) is 4. The molecule has 110 valence electrons. The van der Waals surface area contributed by atoms with Gasteiger partial charge in [-0.25, -0.2) is 14.5 Å². The van der Waals surface area contributed by atoms with Crippen LogP contribution in [-0.2, 0) is 6.42 Å². The minimum absolute atomic E-state index is 0. The zero-order valence-electron chi connectivity index (χ0n) is 10.7. The van der Waals surface area contributed by atoms with Gasteiger partial charge in [0.1, 0.15) is 5.82 Å². The summed E-state index contributed by atoms with van der Waals surface area (Å²) in [6, 6.07) is 6.32. The molecule has 0 aliphatic heterocycles. The summed E-state index contributed by atoms with van der Waals surface area (Å²) in [5.74, 6) is 6.31. The molecule has 1 aromatic carbocycles. The Hall–Kier alpha value is -1.86. The number of hydrazone groups is 1. The average molecular weight is 321 g/mol. The van der Waals surface area contributed by atoms with Gasteiger partial charge < -0.3 is 5.84 Å². The van der Waals surface area contributed by atoms with Gasteiger partial charge in [0.25, 0.3) is 5.95 Å². The number of hydrogen-bond acceptors (Lipinski definition) is 5. The molecule has 0 aliphatic carbocycles. The highest BCUT2D eigenvalue weighted by molar-refractivity contribution is 5.85. The lowest BCUT2D eigenvalue weighted by Crippen LogP contribution is -2.14. The number of benzene rings is 1. The maximum absolute atomic E-state index is 13.3. The van der Waals surface area contributed by atoms with Crippen molar-refractivity contribution in [2.24, 2.45) is 5.10 Å². The molecule has 0 amide bonds. The molecule has 0 unspecified atom stereocenters. The van der Waals surface area contributed by atoms with Crippen LogP contribution in [0.15, 0.2) is 29.4 Å². The summed E-state index contributed by atoms with van der Waals surface area (Å²) < 4.78 is 14.6. The fourth-order valence-corrected chi connectivity index (χ4v) is 1.38. The fourth-order valence-electron chi connectivity index (χ4n) is 1.38. The van der Waals surface area contributed by atoms with Crippen LogP contribution in [0.4, 0.5) is 10.3 Å². The minimum atomic E-state index is -0.341. The van der Waals surface area contributed by atoms with Gasteiger partial charge in [-0.2, -0.15) is 5.10 Å². The number of aromatic nitrogens is 3. The van der Waals surface area contributed by atoms with Gasteiger partial charge in [0.2, 0.25) is 0 Å². The first-order valence-corrected chi connectivity index (χ1v) is 5.45. The zero-order chi connectivity index (χ0) is 13.0. The van der Waals surface area contributed by atoms with Crippen molar-refractivity contribution in [2.75, 3.05) is 11.3 Å². The number of nitrogens with one attached hydrogen (secondary N) is 1. The smallest absolute Gasteiger partial charge is 0.263 e. The fraction of sp³-hybridized carbons (Fsp3) is 0.182. The van der Waals surface area contributed by atoms with E-state index in [-0.39, 0.29) is 30.6 Å². The van der Waals surface area contributed by atoms with Crippen molar-refractivity contribution in [1.82, 2.24) is 14.9 Å². The lowest BCUT2D eigenvalue weighted by Gasteiger charge is -2.00. The second-order valence-corrected chi connectivity index (χ2v) is 3.55. The van der Waals surface area contributed by atoms with Gasteiger partial charge >= 0.3 is 0 Å². The third-order valence-corrected chi connectivity index (χ3v) is 2.36. The lowest BCUT2D eigenvalue weighted by molar-refractivity contribution is 0.626. The standard InChI is InChI=1S/C11H13FN6.2ClH/c1-2-10-15-17-11(18(10)13)16-14-7-8-5-3-4-6-9(8)12;;/h3-7H,2,13H2,1H3,(H,16,17);2*1H. The van der Waals surface area contributed by atoms with Crippen LogP contribution in [0.25, 0.3) is 0 Å². The van der Waals surface area contributed by atoms with Crippen molar-refractivity contribution in [1.29, 1.82) is 0 Å². The third-order valence-electron chi connectivity index (χ3n) is 2.36. The molecule has 1 heterocycles. The summed E-state index contributed by atoms with van der Waals surface area (Å²) in [6.45, 7) is 1.92. The molecule has 1 aromatic heterocycles. The highest BCUT2D eigenvalue weighted by Crippen LogP contribution is 2.05. The maximum Gasteiger partial charge on any atom is 0.263 e. The van der Waals surface area contributed by atoms with Crippen LogP contribution in [0, 0.1) is 5.82 Å². The van der Waals surface area contributed by atoms with Crippen LogP contribution in [-0.4, -0.2) is 21.1 Å². The predicted molar refractivity (Wildman–Crippen MR) is 81.7 cm³/mol. The van der Waals surface area contributed by atoms with Gasteiger partial charge in [-0.15, -0.1) is 35.0 Å². The van der Waals surface area contributed by atoms with E-state index in [0.717, 1.165) is 0 Å². The number of anilines is 1. The predicted octanol–water partition coefficient (Wildman–Crippen LogP) is 1.98. The second-order valence-electron chi connectivity index (χ2n) is 3.55. The minimum Gasteiger partial charge on any atom is -0.335 e. The molecule has 9 heteroatoms. The molecule has 0 fully saturated rings. The van der Waals surface area contributed by atoms with E-state index in [1.165, 1.54) is 17.0 Å². The first kappa shape index (κ1) is 18.1. The molecule has 6 nitrogen and oxygen atoms in total. The van der Waals surface area contributed by atoms with Crippen molar-refractivity contribution in [2.45, 2.75) is 13.3 Å². The summed E-state index contributed by atoms with van der Waals surface area (Å²) in [5.41, 5.74) is 2.99. The van der Waals surface area contributed by atoms with Gasteiger partial charge in [0.05, 0.1) is 6.21 Å². The summed E-state index contributed by atoms with van der Waals surface area (Å²) >= 11 is 0. The Balaban J connectivity index is 0.00000180. The number of nitrogen functional groups attached to an aromatic ring is 1. The molecule has 20 heavy (non-hydrogen) atoms. The Labute approximate surface area is 128 Å². The molecule has 0 bridgehead atoms. The highest BCUT2D eigenvalue weighted by atomic mass is 35.5. The molecule has 0 atom stereocenters. The molecule has 0 radical (unpaired) electrons. The monoisotopic (exact) mass is 320 g/mol. The van der Waals surface area contributed by atoms with Gasteiger partial charge in [0.15, 0.2) is 5.82 Å². The van der Waals surface area contributed by atoms with E-state index in [4.69, 9.17) is 5.84 Å². The Kier molecular flexibility index (Phi) is 7.56. The van der Waals surface area contributed by atoms with E-state index >= 15 is 0 Å². The van der Waals surface area contributed by atoms with Crippen LogP contribution in [0.3, 0.4) is 0 Å². The molecule has 2 rings (SSSR count). The normalized spacial score (nSPS) is 9.90. The maximum atomic E-state index is 13.3. The molecule has 0 saturated carbocycles. The lowest BCUT2D eigenvalue weighted by atomic mass is 10.2. The van der Waals surface area contributed by atoms with E-state index in [9.17, 15) is 4.39 Å². The van der Waals surface area contributed by atoms with Crippen molar-refractivity contribution in [3.8, 4) is 0 Å². The Morgan fingerprint density at radius 1 is 1.35 bits per heavy atom. The number of aryl methyl sites for hydroxylation is 1. The van der Waals surface area contributed by atoms with E-state index in [2.05, 4.69) is 20.7 Å². The van der Waals surface area contributed by atoms with E-state index in [1.54, 1.807) is 18.2 Å². The second kappa shape index (κ2) is 8.34. The largest absolute Gasteiger partial charge is 0.335 e. The van der Waals surface area contributed by atoms with Crippen molar-refractivity contribution in [3.05, 3.63) is 41.5 Å². The summed E-state index contributed by atoms with van der Waals surface area (Å²) in [6.07, 6.45) is 2.03. The Morgan fingerprint density at radius 2 is 2.05 bits per heavy atom. The quantitative estimate of drug-likeness (QED) is 0.513. The van der Waals surface area contributed by atoms with Crippen molar-refractivity contribution < 1.29 is 4.39 Å². The summed E-state index contributed by atoms with van der Waals surface area (Å²) in [7, 11) is 0. The molecular weight excluding hydrogens is 306 g/mol. The first-order valence-electron chi connectivity index (χ1n) is 5.45. The molecule has 2 aromatic rings. The van der Waals surface area contributed by atoms with E-state index in [1.807, 2.05) is 6.92 Å². The van der Waals surface area contributed by atoms with Crippen molar-refractivity contribution in [3.63, 3.8) is 0 Å². The molecule has 0 saturated heterocycles. The van der Waals surface area contributed by atoms with Gasteiger partial charge in [-0.1, -0.05) is 25.1 Å². The molecule has 0 aliphatic rings. The number of halogens is 3. The summed E-state index contributed by atoms with van der Waals surface area (Å²) in [5, 5.41) is 11.5. The number of rotatable bonds is 4. The van der Waals surface area contributed by atoms with Crippen LogP contribution < -0.4 is 11.3 Å². The van der Waals surface area contributed by atoms with Crippen LogP contribution in [0.5, 0.6) is 0 Å². The van der Waals surface area contributed by atoms with E-state index < -0.39 is 0 Å².